The van der Waals surface area contributed by atoms with E-state index in [1.807, 2.05) is 57.1 Å². The largest absolute Gasteiger partial charge is 0.143 e. The Bertz CT molecular complexity index is 1010. The van der Waals surface area contributed by atoms with Gasteiger partial charge in [-0.15, -0.1) is 57.1 Å². The van der Waals surface area contributed by atoms with Crippen molar-refractivity contribution in [2.75, 3.05) is 0 Å². The molecule has 0 N–H and O–H groups in total. The zero-order chi connectivity index (χ0) is 18.6. The van der Waals surface area contributed by atoms with Crippen LogP contribution < -0.4 is 0 Å². The summed E-state index contributed by atoms with van der Waals surface area (Å²) in [6, 6.07) is 17.9. The molecule has 0 amide bonds. The summed E-state index contributed by atoms with van der Waals surface area (Å²) in [4.78, 5) is 9.63. The monoisotopic (exact) mass is 444 g/mol. The molecule has 0 saturated carbocycles. The van der Waals surface area contributed by atoms with Crippen molar-refractivity contribution < 1.29 is 0 Å². The number of hydrogen-bond acceptors (Lipinski definition) is 5. The zero-order valence-electron chi connectivity index (χ0n) is 15.2. The van der Waals surface area contributed by atoms with Crippen molar-refractivity contribution in [3.8, 4) is 29.3 Å². The maximum Gasteiger partial charge on any atom is 0.0449 e. The molecule has 5 heteroatoms. The molecule has 0 bridgehead atoms. The van der Waals surface area contributed by atoms with Gasteiger partial charge in [-0.25, -0.2) is 0 Å². The predicted molar refractivity (Wildman–Crippen MR) is 130 cm³/mol. The highest BCUT2D eigenvalue weighted by Gasteiger charge is 2.13. The van der Waals surface area contributed by atoms with Crippen molar-refractivity contribution >= 4 is 57.1 Å². The SMILES string of the molecule is CC/C=C\SC(C)c1ccc(-c2ccc(-c3ccc(-c4cccs4)s3)s2)s1. The van der Waals surface area contributed by atoms with Gasteiger partial charge in [0.1, 0.15) is 0 Å². The van der Waals surface area contributed by atoms with Crippen molar-refractivity contribution in [1.29, 1.82) is 0 Å². The van der Waals surface area contributed by atoms with Gasteiger partial charge in [0.2, 0.25) is 0 Å². The third-order valence-corrected chi connectivity index (χ3v) is 10.2. The second-order valence-electron chi connectivity index (χ2n) is 6.07. The highest BCUT2D eigenvalue weighted by molar-refractivity contribution is 8.02. The van der Waals surface area contributed by atoms with Crippen LogP contribution in [0.1, 0.15) is 30.4 Å². The van der Waals surface area contributed by atoms with Crippen molar-refractivity contribution in [3.63, 3.8) is 0 Å². The van der Waals surface area contributed by atoms with Crippen LogP contribution in [-0.2, 0) is 0 Å². The molecule has 0 aliphatic heterocycles. The summed E-state index contributed by atoms with van der Waals surface area (Å²) < 4.78 is 0. The first-order valence-corrected chi connectivity index (χ1v) is 13.2. The number of thiophene rings is 4. The van der Waals surface area contributed by atoms with E-state index in [1.165, 1.54) is 34.1 Å². The first-order chi connectivity index (χ1) is 13.2. The summed E-state index contributed by atoms with van der Waals surface area (Å²) in [6.07, 6.45) is 3.33. The van der Waals surface area contributed by atoms with Crippen molar-refractivity contribution in [3.05, 3.63) is 70.3 Å². The fourth-order valence-electron chi connectivity index (χ4n) is 2.66. The highest BCUT2D eigenvalue weighted by atomic mass is 32.2. The first-order valence-electron chi connectivity index (χ1n) is 8.89. The molecule has 0 aromatic carbocycles. The van der Waals surface area contributed by atoms with Crippen LogP contribution in [-0.4, -0.2) is 0 Å². The minimum Gasteiger partial charge on any atom is -0.143 e. The zero-order valence-corrected chi connectivity index (χ0v) is 19.3. The average molecular weight is 445 g/mol. The van der Waals surface area contributed by atoms with Gasteiger partial charge in [0.15, 0.2) is 0 Å². The second-order valence-corrected chi connectivity index (χ2v) is 11.5. The molecule has 0 aliphatic rings. The van der Waals surface area contributed by atoms with E-state index in [4.69, 9.17) is 0 Å². The van der Waals surface area contributed by atoms with E-state index in [2.05, 4.69) is 79.2 Å². The fraction of sp³-hybridized carbons (Fsp3) is 0.182. The van der Waals surface area contributed by atoms with E-state index in [9.17, 15) is 0 Å². The van der Waals surface area contributed by atoms with E-state index in [1.54, 1.807) is 0 Å². The summed E-state index contributed by atoms with van der Waals surface area (Å²) in [5.74, 6) is 0. The third-order valence-electron chi connectivity index (χ3n) is 4.10. The lowest BCUT2D eigenvalue weighted by Gasteiger charge is -2.04. The molecule has 27 heavy (non-hydrogen) atoms. The van der Waals surface area contributed by atoms with Crippen LogP contribution in [0.5, 0.6) is 0 Å². The van der Waals surface area contributed by atoms with Gasteiger partial charge in [0.05, 0.1) is 0 Å². The third kappa shape index (κ3) is 4.49. The maximum absolute atomic E-state index is 2.29. The normalized spacial score (nSPS) is 12.8. The molecule has 0 spiro atoms. The molecular weight excluding hydrogens is 425 g/mol. The summed E-state index contributed by atoms with van der Waals surface area (Å²) in [5, 5.41) is 4.88. The van der Waals surface area contributed by atoms with Gasteiger partial charge in [-0.3, -0.25) is 0 Å². The lowest BCUT2D eigenvalue weighted by Crippen LogP contribution is -1.78. The van der Waals surface area contributed by atoms with Crippen molar-refractivity contribution in [1.82, 2.24) is 0 Å². The second kappa shape index (κ2) is 8.93. The van der Waals surface area contributed by atoms with Crippen LogP contribution in [0.4, 0.5) is 0 Å². The van der Waals surface area contributed by atoms with Gasteiger partial charge in [0.25, 0.3) is 0 Å². The van der Waals surface area contributed by atoms with Crippen molar-refractivity contribution in [2.24, 2.45) is 0 Å². The summed E-state index contributed by atoms with van der Waals surface area (Å²) in [7, 11) is 0. The highest BCUT2D eigenvalue weighted by Crippen LogP contribution is 2.44. The number of thioether (sulfide) groups is 1. The Morgan fingerprint density at radius 1 is 0.815 bits per heavy atom. The molecule has 0 nitrogen and oxygen atoms in total. The van der Waals surface area contributed by atoms with Gasteiger partial charge in [0, 0.05) is 39.4 Å². The Kier molecular flexibility index (Phi) is 6.35. The molecular formula is C22H20S5. The Morgan fingerprint density at radius 2 is 1.41 bits per heavy atom. The smallest absolute Gasteiger partial charge is 0.0449 e. The number of rotatable bonds is 7. The molecule has 4 heterocycles. The van der Waals surface area contributed by atoms with Gasteiger partial charge in [-0.1, -0.05) is 19.1 Å². The average Bonchev–Trinajstić information content (AvgIpc) is 3.48. The molecule has 0 saturated heterocycles. The van der Waals surface area contributed by atoms with E-state index < -0.39 is 0 Å². The van der Waals surface area contributed by atoms with Crippen LogP contribution in [0.25, 0.3) is 29.3 Å². The molecule has 4 rings (SSSR count). The lowest BCUT2D eigenvalue weighted by atomic mass is 10.3. The van der Waals surface area contributed by atoms with Crippen molar-refractivity contribution in [2.45, 2.75) is 25.5 Å². The van der Waals surface area contributed by atoms with Gasteiger partial charge in [-0.2, -0.15) is 0 Å². The van der Waals surface area contributed by atoms with Crippen LogP contribution in [0, 0.1) is 0 Å². The molecule has 1 unspecified atom stereocenters. The number of hydrogen-bond donors (Lipinski definition) is 0. The standard InChI is InChI=1S/C22H20S5/c1-3-4-13-23-15(2)16-7-8-19(25-16)20-11-12-22(27-20)21-10-9-18(26-21)17-6-5-14-24-17/h4-15H,3H2,1-2H3/b13-4-. The summed E-state index contributed by atoms with van der Waals surface area (Å²) >= 11 is 9.42. The first kappa shape index (κ1) is 19.2. The van der Waals surface area contributed by atoms with Crippen LogP contribution in [0.3, 0.4) is 0 Å². The van der Waals surface area contributed by atoms with E-state index in [-0.39, 0.29) is 0 Å². The minimum atomic E-state index is 0.511. The number of allylic oxidation sites excluding steroid dienone is 1. The molecule has 0 fully saturated rings. The lowest BCUT2D eigenvalue weighted by molar-refractivity contribution is 1.15. The van der Waals surface area contributed by atoms with E-state index in [0.29, 0.717) is 5.25 Å². The Balaban J connectivity index is 1.51. The van der Waals surface area contributed by atoms with Crippen LogP contribution >= 0.6 is 57.1 Å². The Labute approximate surface area is 181 Å². The fourth-order valence-corrected chi connectivity index (χ4v) is 7.70. The minimum absolute atomic E-state index is 0.511. The molecule has 4 aromatic heterocycles. The summed E-state index contributed by atoms with van der Waals surface area (Å²) in [6.45, 7) is 4.47. The molecule has 0 radical (unpaired) electrons. The quantitative estimate of drug-likeness (QED) is 0.273. The predicted octanol–water partition coefficient (Wildman–Crippen LogP) is 9.65. The van der Waals surface area contributed by atoms with Crippen LogP contribution in [0.2, 0.25) is 0 Å². The van der Waals surface area contributed by atoms with Crippen LogP contribution in [0.15, 0.2) is 65.4 Å². The topological polar surface area (TPSA) is 0 Å². The van der Waals surface area contributed by atoms with E-state index >= 15 is 0 Å². The Morgan fingerprint density at radius 3 is 2.00 bits per heavy atom. The molecule has 4 aromatic rings. The van der Waals surface area contributed by atoms with Gasteiger partial charge < -0.3 is 0 Å². The molecule has 138 valence electrons. The summed E-state index contributed by atoms with van der Waals surface area (Å²) in [5.41, 5.74) is 0. The molecule has 1 atom stereocenters. The van der Waals surface area contributed by atoms with Gasteiger partial charge in [-0.05, 0) is 66.6 Å². The maximum atomic E-state index is 2.29. The van der Waals surface area contributed by atoms with Gasteiger partial charge >= 0.3 is 0 Å². The molecule has 0 aliphatic carbocycles. The van der Waals surface area contributed by atoms with E-state index in [0.717, 1.165) is 6.42 Å². The Hall–Kier alpha value is -1.11.